The number of hydrogen-bond donors (Lipinski definition) is 2. The molecule has 2 rings (SSSR count). The van der Waals surface area contributed by atoms with E-state index in [1.165, 1.54) is 18.7 Å². The van der Waals surface area contributed by atoms with Crippen LogP contribution in [-0.4, -0.2) is 13.7 Å². The molecule has 3 N–H and O–H groups in total. The fraction of sp³-hybridized carbons (Fsp3) is 0.294. The minimum absolute atomic E-state index is 0.0222. The molecule has 0 radical (unpaired) electrons. The Morgan fingerprint density at radius 2 is 1.90 bits per heavy atom. The number of nitrogens with one attached hydrogen (secondary N) is 1. The predicted molar refractivity (Wildman–Crippen MR) is 84.2 cm³/mol. The number of rotatable bonds is 6. The van der Waals surface area contributed by atoms with E-state index in [4.69, 9.17) is 10.5 Å². The van der Waals surface area contributed by atoms with Gasteiger partial charge in [-0.25, -0.2) is 4.39 Å². The van der Waals surface area contributed by atoms with E-state index in [0.29, 0.717) is 6.54 Å². The van der Waals surface area contributed by atoms with Gasteiger partial charge in [-0.3, -0.25) is 0 Å². The van der Waals surface area contributed by atoms with Crippen molar-refractivity contribution >= 4 is 5.69 Å². The molecule has 0 aliphatic rings. The maximum atomic E-state index is 13.4. The highest BCUT2D eigenvalue weighted by atomic mass is 19.1. The van der Waals surface area contributed by atoms with Crippen molar-refractivity contribution in [2.24, 2.45) is 5.73 Å². The van der Waals surface area contributed by atoms with Gasteiger partial charge in [-0.15, -0.1) is 0 Å². The monoisotopic (exact) mass is 288 g/mol. The number of aryl methyl sites for hydroxylation is 1. The average Bonchev–Trinajstić information content (AvgIpc) is 2.54. The fourth-order valence-corrected chi connectivity index (χ4v) is 2.21. The molecule has 0 saturated heterocycles. The normalized spacial score (nSPS) is 12.0. The second-order valence-electron chi connectivity index (χ2n) is 4.88. The quantitative estimate of drug-likeness (QED) is 0.855. The zero-order chi connectivity index (χ0) is 15.2. The molecule has 0 aliphatic carbocycles. The van der Waals surface area contributed by atoms with Gasteiger partial charge in [0.1, 0.15) is 0 Å². The van der Waals surface area contributed by atoms with Crippen LogP contribution in [-0.2, 0) is 6.42 Å². The Labute approximate surface area is 124 Å². The second kappa shape index (κ2) is 7.09. The standard InChI is InChI=1S/C17H21FN2O/c1-3-12-4-6-13(7-5-12)16(11-19)20-14-8-9-15(18)17(10-14)21-2/h4-10,16,20H,3,11,19H2,1-2H3. The van der Waals surface area contributed by atoms with Crippen LogP contribution in [0, 0.1) is 5.82 Å². The van der Waals surface area contributed by atoms with Crippen LogP contribution < -0.4 is 15.8 Å². The lowest BCUT2D eigenvalue weighted by Crippen LogP contribution is -2.20. The van der Waals surface area contributed by atoms with Crippen LogP contribution >= 0.6 is 0 Å². The minimum atomic E-state index is -0.375. The van der Waals surface area contributed by atoms with E-state index in [0.717, 1.165) is 17.7 Å². The molecule has 0 saturated carbocycles. The van der Waals surface area contributed by atoms with E-state index in [-0.39, 0.29) is 17.6 Å². The first-order chi connectivity index (χ1) is 10.2. The Balaban J connectivity index is 2.18. The van der Waals surface area contributed by atoms with Gasteiger partial charge in [0.15, 0.2) is 11.6 Å². The number of benzene rings is 2. The van der Waals surface area contributed by atoms with Gasteiger partial charge in [-0.1, -0.05) is 31.2 Å². The van der Waals surface area contributed by atoms with Gasteiger partial charge in [0.25, 0.3) is 0 Å². The van der Waals surface area contributed by atoms with Crippen LogP contribution in [0.1, 0.15) is 24.1 Å². The van der Waals surface area contributed by atoms with E-state index >= 15 is 0 Å². The first-order valence-corrected chi connectivity index (χ1v) is 7.07. The van der Waals surface area contributed by atoms with Gasteiger partial charge in [-0.2, -0.15) is 0 Å². The third-order valence-corrected chi connectivity index (χ3v) is 3.52. The molecule has 112 valence electrons. The highest BCUT2D eigenvalue weighted by Crippen LogP contribution is 2.25. The summed E-state index contributed by atoms with van der Waals surface area (Å²) in [5, 5.41) is 3.31. The van der Waals surface area contributed by atoms with Crippen molar-refractivity contribution in [3.05, 3.63) is 59.4 Å². The second-order valence-corrected chi connectivity index (χ2v) is 4.88. The maximum absolute atomic E-state index is 13.4. The number of ether oxygens (including phenoxy) is 1. The van der Waals surface area contributed by atoms with Gasteiger partial charge in [0, 0.05) is 18.3 Å². The number of hydrogen-bond acceptors (Lipinski definition) is 3. The van der Waals surface area contributed by atoms with Gasteiger partial charge < -0.3 is 15.8 Å². The average molecular weight is 288 g/mol. The molecule has 4 heteroatoms. The first-order valence-electron chi connectivity index (χ1n) is 7.07. The number of nitrogens with two attached hydrogens (primary N) is 1. The predicted octanol–water partition coefficient (Wildman–Crippen LogP) is 3.51. The van der Waals surface area contributed by atoms with Crippen LogP contribution in [0.25, 0.3) is 0 Å². The SMILES string of the molecule is CCc1ccc(C(CN)Nc2ccc(F)c(OC)c2)cc1. The molecule has 0 spiro atoms. The van der Waals surface area contributed by atoms with Crippen molar-refractivity contribution in [2.75, 3.05) is 19.0 Å². The molecule has 3 nitrogen and oxygen atoms in total. The highest BCUT2D eigenvalue weighted by molar-refractivity contribution is 5.50. The molecule has 0 amide bonds. The van der Waals surface area contributed by atoms with Crippen molar-refractivity contribution in [1.82, 2.24) is 0 Å². The van der Waals surface area contributed by atoms with Crippen LogP contribution in [0.5, 0.6) is 5.75 Å². The molecule has 2 aromatic carbocycles. The van der Waals surface area contributed by atoms with Gasteiger partial charge in [0.05, 0.1) is 13.2 Å². The maximum Gasteiger partial charge on any atom is 0.165 e. The van der Waals surface area contributed by atoms with Gasteiger partial charge >= 0.3 is 0 Å². The third-order valence-electron chi connectivity index (χ3n) is 3.52. The lowest BCUT2D eigenvalue weighted by atomic mass is 10.0. The van der Waals surface area contributed by atoms with Crippen LogP contribution in [0.3, 0.4) is 0 Å². The molecule has 2 aromatic rings. The highest BCUT2D eigenvalue weighted by Gasteiger charge is 2.11. The topological polar surface area (TPSA) is 47.3 Å². The van der Waals surface area contributed by atoms with Crippen LogP contribution in [0.2, 0.25) is 0 Å². The number of anilines is 1. The third kappa shape index (κ3) is 3.73. The molecule has 1 atom stereocenters. The van der Waals surface area contributed by atoms with Crippen molar-refractivity contribution in [3.63, 3.8) is 0 Å². The van der Waals surface area contributed by atoms with Crippen LogP contribution in [0.4, 0.5) is 10.1 Å². The lowest BCUT2D eigenvalue weighted by molar-refractivity contribution is 0.386. The Hall–Kier alpha value is -2.07. The molecule has 0 bridgehead atoms. The number of halogens is 1. The largest absolute Gasteiger partial charge is 0.494 e. The van der Waals surface area contributed by atoms with E-state index in [9.17, 15) is 4.39 Å². The fourth-order valence-electron chi connectivity index (χ4n) is 2.21. The van der Waals surface area contributed by atoms with Crippen molar-refractivity contribution in [3.8, 4) is 5.75 Å². The van der Waals surface area contributed by atoms with Crippen molar-refractivity contribution in [2.45, 2.75) is 19.4 Å². The summed E-state index contributed by atoms with van der Waals surface area (Å²) in [7, 11) is 1.45. The summed E-state index contributed by atoms with van der Waals surface area (Å²) < 4.78 is 18.4. The molecule has 0 heterocycles. The minimum Gasteiger partial charge on any atom is -0.494 e. The molecule has 21 heavy (non-hydrogen) atoms. The Morgan fingerprint density at radius 3 is 2.48 bits per heavy atom. The molecule has 0 aromatic heterocycles. The molecular weight excluding hydrogens is 267 g/mol. The molecular formula is C17H21FN2O. The van der Waals surface area contributed by atoms with Gasteiger partial charge in [-0.05, 0) is 29.7 Å². The van der Waals surface area contributed by atoms with E-state index < -0.39 is 0 Å². The van der Waals surface area contributed by atoms with Gasteiger partial charge in [0.2, 0.25) is 0 Å². The molecule has 0 aliphatic heterocycles. The smallest absolute Gasteiger partial charge is 0.165 e. The summed E-state index contributed by atoms with van der Waals surface area (Å²) in [4.78, 5) is 0. The summed E-state index contributed by atoms with van der Waals surface area (Å²) in [5.41, 5.74) is 9.04. The summed E-state index contributed by atoms with van der Waals surface area (Å²) in [5.74, 6) is -0.156. The van der Waals surface area contributed by atoms with E-state index in [2.05, 4.69) is 36.5 Å². The molecule has 0 fully saturated rings. The zero-order valence-electron chi connectivity index (χ0n) is 12.4. The summed E-state index contributed by atoms with van der Waals surface area (Å²) in [6.45, 7) is 2.57. The summed E-state index contributed by atoms with van der Waals surface area (Å²) in [6.07, 6.45) is 1.01. The van der Waals surface area contributed by atoms with E-state index in [1.807, 2.05) is 0 Å². The van der Waals surface area contributed by atoms with Crippen LogP contribution in [0.15, 0.2) is 42.5 Å². The first kappa shape index (κ1) is 15.3. The van der Waals surface area contributed by atoms with Crippen molar-refractivity contribution < 1.29 is 9.13 Å². The molecule has 1 unspecified atom stereocenters. The van der Waals surface area contributed by atoms with Crippen molar-refractivity contribution in [1.29, 1.82) is 0 Å². The van der Waals surface area contributed by atoms with E-state index in [1.54, 1.807) is 12.1 Å². The Morgan fingerprint density at radius 1 is 1.19 bits per heavy atom. The Bertz CT molecular complexity index is 584. The Kier molecular flexibility index (Phi) is 5.17. The lowest BCUT2D eigenvalue weighted by Gasteiger charge is -2.19. The number of methoxy groups -OCH3 is 1. The summed E-state index contributed by atoms with van der Waals surface area (Å²) in [6, 6.07) is 13.0. The summed E-state index contributed by atoms with van der Waals surface area (Å²) >= 11 is 0. The zero-order valence-corrected chi connectivity index (χ0v) is 12.4.